The minimum atomic E-state index is -0.648. The molecule has 434 valence electrons. The van der Waals surface area contributed by atoms with Crippen LogP contribution in [-0.4, -0.2) is 107 Å². The van der Waals surface area contributed by atoms with Crippen molar-refractivity contribution in [2.24, 2.45) is 0 Å². The number of aryl methyl sites for hydroxylation is 2. The van der Waals surface area contributed by atoms with Gasteiger partial charge in [0.05, 0.1) is 52.1 Å². The van der Waals surface area contributed by atoms with Crippen LogP contribution in [0.5, 0.6) is 5.75 Å². The Labute approximate surface area is 497 Å². The molecule has 0 amide bonds. The topological polar surface area (TPSA) is 88.1 Å². The quantitative estimate of drug-likeness (QED) is 0.0951. The van der Waals surface area contributed by atoms with Crippen LogP contribution >= 0.6 is 0 Å². The van der Waals surface area contributed by atoms with Gasteiger partial charge < -0.3 is 18.9 Å². The number of carbonyl (C=O) groups is 3. The highest BCUT2D eigenvalue weighted by Gasteiger charge is 2.31. The number of benzene rings is 5. The fraction of sp³-hybridized carbons (Fsp3) is 0.515. The van der Waals surface area contributed by atoms with E-state index in [1.54, 1.807) is 0 Å². The number of carbonyl (C=O) groups excluding carboxylic acids is 3. The number of ether oxygens (including phenoxy) is 4. The van der Waals surface area contributed by atoms with Crippen molar-refractivity contribution in [3.05, 3.63) is 144 Å². The Kier molecular flexibility index (Phi) is 26.6. The van der Waals surface area contributed by atoms with Crippen molar-refractivity contribution in [2.75, 3.05) is 84.0 Å². The van der Waals surface area contributed by atoms with Crippen LogP contribution in [0.4, 0.5) is 4.79 Å². The Morgan fingerprint density at radius 2 is 0.675 bits per heavy atom. The fourth-order valence-electron chi connectivity index (χ4n) is 9.28. The summed E-state index contributed by atoms with van der Waals surface area (Å²) >= 11 is 0. The molecule has 0 atom stereocenters. The molecule has 5 fully saturated rings. The van der Waals surface area contributed by atoms with Gasteiger partial charge in [-0.05, 0) is 149 Å². The van der Waals surface area contributed by atoms with Gasteiger partial charge in [0.2, 0.25) is 0 Å². The molecule has 0 aromatic heterocycles. The highest BCUT2D eigenvalue weighted by atomic mass is 32.2. The molecule has 12 heteroatoms. The molecule has 0 radical (unpaired) electrons. The van der Waals surface area contributed by atoms with Crippen molar-refractivity contribution in [1.82, 2.24) is 0 Å². The van der Waals surface area contributed by atoms with Crippen LogP contribution in [0.15, 0.2) is 146 Å². The molecule has 10 rings (SSSR count). The number of ketones is 2. The first-order valence-electron chi connectivity index (χ1n) is 29.0. The second-order valence-corrected chi connectivity index (χ2v) is 35.4. The Morgan fingerprint density at radius 1 is 0.388 bits per heavy atom. The molecule has 0 aliphatic carbocycles. The van der Waals surface area contributed by atoms with Crippen LogP contribution in [0.25, 0.3) is 0 Å². The molecule has 5 aromatic carbocycles. The molecule has 80 heavy (non-hydrogen) atoms. The minimum absolute atomic E-state index is 0.226. The molecule has 0 bridgehead atoms. The van der Waals surface area contributed by atoms with Crippen molar-refractivity contribution in [1.29, 1.82) is 0 Å². The van der Waals surface area contributed by atoms with E-state index in [-0.39, 0.29) is 10.8 Å². The van der Waals surface area contributed by atoms with E-state index in [9.17, 15) is 14.4 Å². The summed E-state index contributed by atoms with van der Waals surface area (Å²) in [4.78, 5) is 41.2. The zero-order valence-corrected chi connectivity index (χ0v) is 54.4. The molecule has 0 unspecified atom stereocenters. The first-order valence-corrected chi connectivity index (χ1v) is 36.8. The van der Waals surface area contributed by atoms with E-state index in [1.807, 2.05) is 32.9 Å². The SMILES string of the molecule is CC(C)(C)OC(=O)Oc1ccc([S+]2CCCCC2)cc1.CC(C)(C)c1ccc([S+]2CCC(=O)CC2)cc1.CC(C)(C)c1ccc([S+]2CCOCC2)cc1.Cc1ccc([S+]2CCC(=O)CC2)cc1.Cc1ccc([S+]2CCOCC2)cc1. The molecule has 5 saturated heterocycles. The minimum Gasteiger partial charge on any atom is -0.428 e. The van der Waals surface area contributed by atoms with Crippen molar-refractivity contribution < 1.29 is 33.3 Å². The third-order valence-corrected chi connectivity index (χ3v) is 25.9. The molecular formula is C68H95O7S5+5. The lowest BCUT2D eigenvalue weighted by molar-refractivity contribution is -0.119. The van der Waals surface area contributed by atoms with Gasteiger partial charge in [0.1, 0.15) is 80.4 Å². The smallest absolute Gasteiger partial charge is 0.428 e. The van der Waals surface area contributed by atoms with Crippen molar-refractivity contribution in [3.63, 3.8) is 0 Å². The summed E-state index contributed by atoms with van der Waals surface area (Å²) in [5.41, 5.74) is 5.43. The monoisotopic (exact) mass is 1180 g/mol. The van der Waals surface area contributed by atoms with E-state index in [0.29, 0.717) is 71.8 Å². The van der Waals surface area contributed by atoms with Crippen LogP contribution in [0, 0.1) is 13.8 Å². The van der Waals surface area contributed by atoms with Gasteiger partial charge in [-0.3, -0.25) is 9.59 Å². The molecule has 0 saturated carbocycles. The van der Waals surface area contributed by atoms with E-state index in [1.165, 1.54) is 101 Å². The van der Waals surface area contributed by atoms with E-state index >= 15 is 0 Å². The van der Waals surface area contributed by atoms with Crippen LogP contribution in [0.1, 0.15) is 130 Å². The van der Waals surface area contributed by atoms with Crippen LogP contribution < -0.4 is 4.74 Å². The van der Waals surface area contributed by atoms with Gasteiger partial charge in [0, 0.05) is 54.5 Å². The van der Waals surface area contributed by atoms with Crippen molar-refractivity contribution in [3.8, 4) is 5.75 Å². The van der Waals surface area contributed by atoms with Crippen LogP contribution in [-0.2, 0) is 89.1 Å². The maximum absolute atomic E-state index is 11.6. The number of Topliss-reactive ketones (excluding diaryl/α,β-unsaturated/α-hetero) is 2. The Morgan fingerprint density at radius 3 is 0.988 bits per heavy atom. The van der Waals surface area contributed by atoms with Crippen LogP contribution in [0.2, 0.25) is 0 Å². The largest absolute Gasteiger partial charge is 0.514 e. The second-order valence-electron chi connectivity index (χ2n) is 24.1. The van der Waals surface area contributed by atoms with Gasteiger partial charge in [0.15, 0.2) is 24.5 Å². The maximum Gasteiger partial charge on any atom is 0.514 e. The standard InChI is InChI=1S/C16H23O3S.C15H21OS.C14H21OS.C12H15OS.C11H15OS/c1-16(2,3)19-15(17)18-13-7-9-14(10-8-13)20-11-5-4-6-12-20;1-15(2,3)12-4-6-14(7-5-12)17-10-8-13(16)9-11-17;1-14(2,3)12-4-6-13(7-5-12)16-10-8-15-9-11-16;1-10-2-4-12(5-3-10)14-8-6-11(13)7-9-14;1-10-2-4-11(5-3-10)13-8-6-12-7-9-13/h7-10H,4-6,11-12H2,1-3H3;4-7H,8-11H2,1-3H3;4-7H,8-11H2,1-3H3;2-5H,6-9H2,1H3;2-5H,6-9H2,1H3/q5*+1. The molecule has 5 aliphatic rings. The van der Waals surface area contributed by atoms with Crippen molar-refractivity contribution >= 4 is 72.2 Å². The lowest BCUT2D eigenvalue weighted by Crippen LogP contribution is -2.26. The summed E-state index contributed by atoms with van der Waals surface area (Å²) in [5.74, 6) is 13.1. The second kappa shape index (κ2) is 32.4. The first kappa shape index (κ1) is 65.5. The summed E-state index contributed by atoms with van der Waals surface area (Å²) in [6.45, 7) is 27.0. The number of hydrogen-bond acceptors (Lipinski definition) is 7. The Hall–Kier alpha value is -3.62. The summed E-state index contributed by atoms with van der Waals surface area (Å²) in [5, 5.41) is 0. The molecule has 0 spiro atoms. The molecule has 5 heterocycles. The number of rotatable bonds is 6. The predicted octanol–water partition coefficient (Wildman–Crippen LogP) is 14.8. The van der Waals surface area contributed by atoms with Crippen LogP contribution in [0.3, 0.4) is 0 Å². The first-order chi connectivity index (χ1) is 38.1. The Balaban J connectivity index is 0.000000162. The average molecular weight is 1180 g/mol. The molecule has 5 aromatic rings. The van der Waals surface area contributed by atoms with E-state index < -0.39 is 11.8 Å². The van der Waals surface area contributed by atoms with Crippen molar-refractivity contribution in [2.45, 2.75) is 162 Å². The summed E-state index contributed by atoms with van der Waals surface area (Å²) in [6, 6.07) is 43.8. The van der Waals surface area contributed by atoms with Gasteiger partial charge in [-0.25, -0.2) is 4.79 Å². The van der Waals surface area contributed by atoms with Gasteiger partial charge >= 0.3 is 6.16 Å². The lowest BCUT2D eigenvalue weighted by atomic mass is 9.87. The zero-order valence-electron chi connectivity index (χ0n) is 50.3. The average Bonchev–Trinajstić information content (AvgIpc) is 3.45. The third kappa shape index (κ3) is 23.2. The summed E-state index contributed by atoms with van der Waals surface area (Å²) in [7, 11) is 1.93. The van der Waals surface area contributed by atoms with E-state index in [4.69, 9.17) is 18.9 Å². The van der Waals surface area contributed by atoms with Gasteiger partial charge in [-0.1, -0.05) is 101 Å². The van der Waals surface area contributed by atoms with Gasteiger partial charge in [0.25, 0.3) is 0 Å². The fourth-order valence-corrected chi connectivity index (χ4v) is 19.5. The molecule has 7 nitrogen and oxygen atoms in total. The highest BCUT2D eigenvalue weighted by Crippen LogP contribution is 2.29. The Bertz CT molecular complexity index is 2600. The molecular weight excluding hydrogens is 1090 g/mol. The van der Waals surface area contributed by atoms with Gasteiger partial charge in [-0.15, -0.1) is 0 Å². The maximum atomic E-state index is 11.6. The normalized spacial score (nSPS) is 18.1. The summed E-state index contributed by atoms with van der Waals surface area (Å²) < 4.78 is 21.1. The molecule has 5 aliphatic heterocycles. The zero-order chi connectivity index (χ0) is 57.7. The highest BCUT2D eigenvalue weighted by molar-refractivity contribution is 7.98. The molecule has 0 N–H and O–H groups in total. The number of hydrogen-bond donors (Lipinski definition) is 0. The van der Waals surface area contributed by atoms with E-state index in [2.05, 4.69) is 165 Å². The van der Waals surface area contributed by atoms with E-state index in [0.717, 1.165) is 75.1 Å². The lowest BCUT2D eigenvalue weighted by Gasteiger charge is -2.19. The van der Waals surface area contributed by atoms with Gasteiger partial charge in [-0.2, -0.15) is 0 Å². The third-order valence-electron chi connectivity index (χ3n) is 14.3. The predicted molar refractivity (Wildman–Crippen MR) is 347 cm³/mol. The summed E-state index contributed by atoms with van der Waals surface area (Å²) in [6.07, 6.45) is 6.52.